The summed E-state index contributed by atoms with van der Waals surface area (Å²) >= 11 is 0. The molecular formula is C23H25N3O2. The smallest absolute Gasteiger partial charge is 0.237 e. The lowest BCUT2D eigenvalue weighted by Gasteiger charge is -2.34. The lowest BCUT2D eigenvalue weighted by Crippen LogP contribution is -2.45. The third-order valence-corrected chi connectivity index (χ3v) is 6.01. The van der Waals surface area contributed by atoms with Crippen LogP contribution >= 0.6 is 0 Å². The van der Waals surface area contributed by atoms with Crippen LogP contribution in [0.15, 0.2) is 52.9 Å². The minimum atomic E-state index is 0.229. The molecule has 1 aromatic heterocycles. The van der Waals surface area contributed by atoms with Crippen molar-refractivity contribution in [2.45, 2.75) is 31.7 Å². The van der Waals surface area contributed by atoms with Crippen molar-refractivity contribution in [3.8, 4) is 0 Å². The maximum absolute atomic E-state index is 12.9. The van der Waals surface area contributed by atoms with Crippen LogP contribution in [-0.4, -0.2) is 46.9 Å². The summed E-state index contributed by atoms with van der Waals surface area (Å²) in [5.41, 5.74) is 4.42. The number of oxazole rings is 1. The number of amides is 1. The van der Waals surface area contributed by atoms with Crippen LogP contribution in [0.5, 0.6) is 0 Å². The van der Waals surface area contributed by atoms with Gasteiger partial charge in [-0.25, -0.2) is 4.98 Å². The SMILES string of the molecule is O=C(CN1CCCC(c2nc3ccccc3o2)C1)N1CCc2ccccc2C1. The van der Waals surface area contributed by atoms with E-state index in [2.05, 4.69) is 34.1 Å². The predicted octanol–water partition coefficient (Wildman–Crippen LogP) is 3.59. The molecular weight excluding hydrogens is 350 g/mol. The molecule has 5 rings (SSSR count). The second-order valence-electron chi connectivity index (χ2n) is 7.93. The number of carbonyl (C=O) groups is 1. The van der Waals surface area contributed by atoms with Crippen LogP contribution in [-0.2, 0) is 17.8 Å². The molecule has 28 heavy (non-hydrogen) atoms. The van der Waals surface area contributed by atoms with Gasteiger partial charge in [0.25, 0.3) is 0 Å². The van der Waals surface area contributed by atoms with Crippen molar-refractivity contribution >= 4 is 17.0 Å². The van der Waals surface area contributed by atoms with E-state index in [1.54, 1.807) is 0 Å². The number of piperidine rings is 1. The van der Waals surface area contributed by atoms with E-state index in [1.165, 1.54) is 11.1 Å². The predicted molar refractivity (Wildman–Crippen MR) is 108 cm³/mol. The second kappa shape index (κ2) is 7.40. The number of nitrogens with zero attached hydrogens (tertiary/aromatic N) is 3. The molecule has 1 amide bonds. The fourth-order valence-corrected chi connectivity index (χ4v) is 4.47. The number of hydrogen-bond acceptors (Lipinski definition) is 4. The Morgan fingerprint density at radius 3 is 2.79 bits per heavy atom. The topological polar surface area (TPSA) is 49.6 Å². The molecule has 144 valence electrons. The minimum Gasteiger partial charge on any atom is -0.440 e. The Labute approximate surface area is 165 Å². The molecule has 3 heterocycles. The Morgan fingerprint density at radius 2 is 1.89 bits per heavy atom. The maximum Gasteiger partial charge on any atom is 0.237 e. The lowest BCUT2D eigenvalue weighted by molar-refractivity contribution is -0.133. The quantitative estimate of drug-likeness (QED) is 0.702. The first-order valence-corrected chi connectivity index (χ1v) is 10.2. The highest BCUT2D eigenvalue weighted by Gasteiger charge is 2.28. The number of carbonyl (C=O) groups excluding carboxylic acids is 1. The third-order valence-electron chi connectivity index (χ3n) is 6.01. The molecule has 2 aliphatic rings. The molecule has 0 bridgehead atoms. The number of hydrogen-bond donors (Lipinski definition) is 0. The van der Waals surface area contributed by atoms with Crippen LogP contribution in [0.3, 0.4) is 0 Å². The van der Waals surface area contributed by atoms with Gasteiger partial charge in [0.15, 0.2) is 11.5 Å². The van der Waals surface area contributed by atoms with Crippen molar-refractivity contribution in [3.05, 3.63) is 65.5 Å². The first-order chi connectivity index (χ1) is 13.8. The Morgan fingerprint density at radius 1 is 1.07 bits per heavy atom. The van der Waals surface area contributed by atoms with Gasteiger partial charge in [-0.1, -0.05) is 36.4 Å². The highest BCUT2D eigenvalue weighted by Crippen LogP contribution is 2.29. The molecule has 0 radical (unpaired) electrons. The zero-order valence-corrected chi connectivity index (χ0v) is 16.0. The molecule has 0 N–H and O–H groups in total. The van der Waals surface area contributed by atoms with Crippen LogP contribution in [0.25, 0.3) is 11.1 Å². The fraction of sp³-hybridized carbons (Fsp3) is 0.391. The summed E-state index contributed by atoms with van der Waals surface area (Å²) in [7, 11) is 0. The Balaban J connectivity index is 1.24. The largest absolute Gasteiger partial charge is 0.440 e. The van der Waals surface area contributed by atoms with Gasteiger partial charge in [-0.15, -0.1) is 0 Å². The average molecular weight is 375 g/mol. The third kappa shape index (κ3) is 3.42. The molecule has 1 atom stereocenters. The van der Waals surface area contributed by atoms with Crippen molar-refractivity contribution in [1.82, 2.24) is 14.8 Å². The van der Waals surface area contributed by atoms with Crippen molar-refractivity contribution < 1.29 is 9.21 Å². The Kier molecular flexibility index (Phi) is 4.61. The van der Waals surface area contributed by atoms with Gasteiger partial charge in [0.1, 0.15) is 5.52 Å². The molecule has 1 fully saturated rings. The molecule has 0 saturated carbocycles. The van der Waals surface area contributed by atoms with Gasteiger partial charge in [0, 0.05) is 25.6 Å². The van der Waals surface area contributed by atoms with E-state index >= 15 is 0 Å². The van der Waals surface area contributed by atoms with E-state index in [1.807, 2.05) is 29.2 Å². The summed E-state index contributed by atoms with van der Waals surface area (Å²) < 4.78 is 5.98. The standard InChI is InChI=1S/C23H25N3O2/c27-22(26-13-11-17-6-1-2-7-18(17)15-26)16-25-12-5-8-19(14-25)23-24-20-9-3-4-10-21(20)28-23/h1-4,6-7,9-10,19H,5,8,11-16H2. The van der Waals surface area contributed by atoms with E-state index in [-0.39, 0.29) is 11.8 Å². The van der Waals surface area contributed by atoms with Crippen LogP contribution < -0.4 is 0 Å². The van der Waals surface area contributed by atoms with Crippen LogP contribution in [0.4, 0.5) is 0 Å². The second-order valence-corrected chi connectivity index (χ2v) is 7.93. The zero-order valence-electron chi connectivity index (χ0n) is 16.0. The van der Waals surface area contributed by atoms with E-state index in [9.17, 15) is 4.79 Å². The zero-order chi connectivity index (χ0) is 18.9. The van der Waals surface area contributed by atoms with Gasteiger partial charge in [-0.2, -0.15) is 0 Å². The molecule has 0 spiro atoms. The van der Waals surface area contributed by atoms with Crippen molar-refractivity contribution in [2.24, 2.45) is 0 Å². The van der Waals surface area contributed by atoms with E-state index in [0.29, 0.717) is 6.54 Å². The average Bonchev–Trinajstić information content (AvgIpc) is 3.18. The minimum absolute atomic E-state index is 0.229. The molecule has 2 aliphatic heterocycles. The first kappa shape index (κ1) is 17.4. The Hall–Kier alpha value is -2.66. The molecule has 1 unspecified atom stereocenters. The van der Waals surface area contributed by atoms with Gasteiger partial charge in [-0.3, -0.25) is 9.69 Å². The van der Waals surface area contributed by atoms with Crippen LogP contribution in [0, 0.1) is 0 Å². The highest BCUT2D eigenvalue weighted by molar-refractivity contribution is 5.78. The van der Waals surface area contributed by atoms with E-state index in [4.69, 9.17) is 4.42 Å². The van der Waals surface area contributed by atoms with Gasteiger partial charge >= 0.3 is 0 Å². The lowest BCUT2D eigenvalue weighted by atomic mass is 9.97. The summed E-state index contributed by atoms with van der Waals surface area (Å²) in [6.45, 7) is 3.84. The number of benzene rings is 2. The molecule has 5 nitrogen and oxygen atoms in total. The number of fused-ring (bicyclic) bond motifs is 2. The fourth-order valence-electron chi connectivity index (χ4n) is 4.47. The normalized spacial score (nSPS) is 20.3. The van der Waals surface area contributed by atoms with E-state index in [0.717, 1.165) is 62.4 Å². The summed E-state index contributed by atoms with van der Waals surface area (Å²) in [4.78, 5) is 21.9. The molecule has 1 saturated heterocycles. The number of para-hydroxylation sites is 2. The van der Waals surface area contributed by atoms with E-state index < -0.39 is 0 Å². The summed E-state index contributed by atoms with van der Waals surface area (Å²) in [5, 5.41) is 0. The van der Waals surface area contributed by atoms with Crippen molar-refractivity contribution in [1.29, 1.82) is 0 Å². The van der Waals surface area contributed by atoms with Gasteiger partial charge < -0.3 is 9.32 Å². The molecule has 0 aliphatic carbocycles. The summed E-state index contributed by atoms with van der Waals surface area (Å²) in [5.74, 6) is 1.30. The van der Waals surface area contributed by atoms with Crippen molar-refractivity contribution in [3.63, 3.8) is 0 Å². The van der Waals surface area contributed by atoms with Crippen LogP contribution in [0.2, 0.25) is 0 Å². The molecule has 3 aromatic rings. The summed E-state index contributed by atoms with van der Waals surface area (Å²) in [6, 6.07) is 16.4. The number of rotatable bonds is 3. The maximum atomic E-state index is 12.9. The molecule has 2 aromatic carbocycles. The Bertz CT molecular complexity index is 963. The van der Waals surface area contributed by atoms with Gasteiger partial charge in [0.05, 0.1) is 6.54 Å². The number of aromatic nitrogens is 1. The number of likely N-dealkylation sites (tertiary alicyclic amines) is 1. The molecule has 5 heteroatoms. The van der Waals surface area contributed by atoms with Crippen molar-refractivity contribution in [2.75, 3.05) is 26.2 Å². The van der Waals surface area contributed by atoms with Crippen LogP contribution in [0.1, 0.15) is 35.8 Å². The monoisotopic (exact) mass is 375 g/mol. The van der Waals surface area contributed by atoms with Gasteiger partial charge in [0.2, 0.25) is 5.91 Å². The highest BCUT2D eigenvalue weighted by atomic mass is 16.3. The van der Waals surface area contributed by atoms with Gasteiger partial charge in [-0.05, 0) is 49.1 Å². The summed E-state index contributed by atoms with van der Waals surface area (Å²) in [6.07, 6.45) is 3.08. The first-order valence-electron chi connectivity index (χ1n) is 10.2.